The van der Waals surface area contributed by atoms with Gasteiger partial charge in [0.2, 0.25) is 0 Å². The minimum absolute atomic E-state index is 0.304. The summed E-state index contributed by atoms with van der Waals surface area (Å²) in [6.07, 6.45) is 2.66. The molecule has 1 aliphatic rings. The molecule has 3 heteroatoms. The Labute approximate surface area is 68.5 Å². The number of nitrogens with one attached hydrogen (secondary N) is 2. The van der Waals surface area contributed by atoms with Gasteiger partial charge in [0.25, 0.3) is 0 Å². The average molecular weight is 158 g/mol. The van der Waals surface area contributed by atoms with Crippen molar-refractivity contribution in [3.05, 3.63) is 0 Å². The minimum atomic E-state index is 0.304. The van der Waals surface area contributed by atoms with E-state index in [1.165, 1.54) is 6.42 Å². The Bertz CT molecular complexity index is 102. The Hall–Kier alpha value is -0.120. The maximum absolute atomic E-state index is 5.43. The first-order valence-electron chi connectivity index (χ1n) is 4.35. The summed E-state index contributed by atoms with van der Waals surface area (Å²) < 4.78 is 5.43. The molecular formula is C8H18N2O. The predicted octanol–water partition coefficient (Wildman–Crippen LogP) is 0.320. The Morgan fingerprint density at radius 3 is 3.00 bits per heavy atom. The number of hydrogen-bond acceptors (Lipinski definition) is 3. The summed E-state index contributed by atoms with van der Waals surface area (Å²) in [4.78, 5) is 0. The van der Waals surface area contributed by atoms with Gasteiger partial charge >= 0.3 is 0 Å². The Balaban J connectivity index is 2.08. The van der Waals surface area contributed by atoms with Crippen molar-refractivity contribution in [1.82, 2.24) is 10.6 Å². The smallest absolute Gasteiger partial charge is 0.108 e. The fourth-order valence-electron chi connectivity index (χ4n) is 1.39. The standard InChI is InChI=1S/C8H18N2O/c1-7(6-9-2)10-8-4-3-5-11-8/h7-10H,3-6H2,1-2H3. The van der Waals surface area contributed by atoms with Crippen LogP contribution in [0, 0.1) is 0 Å². The Kier molecular flexibility index (Phi) is 3.83. The zero-order chi connectivity index (χ0) is 8.10. The van der Waals surface area contributed by atoms with Gasteiger partial charge in [-0.15, -0.1) is 0 Å². The van der Waals surface area contributed by atoms with Gasteiger partial charge in [-0.1, -0.05) is 0 Å². The summed E-state index contributed by atoms with van der Waals surface area (Å²) in [6.45, 7) is 4.09. The van der Waals surface area contributed by atoms with E-state index >= 15 is 0 Å². The van der Waals surface area contributed by atoms with Gasteiger partial charge in [-0.25, -0.2) is 0 Å². The molecule has 0 amide bonds. The van der Waals surface area contributed by atoms with E-state index < -0.39 is 0 Å². The molecule has 0 saturated carbocycles. The third kappa shape index (κ3) is 3.18. The summed E-state index contributed by atoms with van der Waals surface area (Å²) in [6, 6.07) is 0.503. The topological polar surface area (TPSA) is 33.3 Å². The first-order chi connectivity index (χ1) is 5.33. The highest BCUT2D eigenvalue weighted by molar-refractivity contribution is 4.69. The van der Waals surface area contributed by atoms with E-state index in [1.54, 1.807) is 0 Å². The second-order valence-electron chi connectivity index (χ2n) is 3.13. The first kappa shape index (κ1) is 8.97. The fraction of sp³-hybridized carbons (Fsp3) is 1.00. The zero-order valence-electron chi connectivity index (χ0n) is 7.39. The van der Waals surface area contributed by atoms with Crippen molar-refractivity contribution in [2.24, 2.45) is 0 Å². The van der Waals surface area contributed by atoms with Gasteiger partial charge in [0.1, 0.15) is 6.23 Å². The molecule has 0 aliphatic carbocycles. The molecule has 0 aromatic rings. The van der Waals surface area contributed by atoms with Crippen molar-refractivity contribution >= 4 is 0 Å². The Morgan fingerprint density at radius 2 is 2.45 bits per heavy atom. The lowest BCUT2D eigenvalue weighted by atomic mass is 10.3. The van der Waals surface area contributed by atoms with Crippen LogP contribution < -0.4 is 10.6 Å². The minimum Gasteiger partial charge on any atom is -0.363 e. The lowest BCUT2D eigenvalue weighted by Gasteiger charge is -2.18. The van der Waals surface area contributed by atoms with Crippen molar-refractivity contribution in [2.75, 3.05) is 20.2 Å². The van der Waals surface area contributed by atoms with E-state index in [-0.39, 0.29) is 0 Å². The van der Waals surface area contributed by atoms with Crippen LogP contribution in [0.5, 0.6) is 0 Å². The average Bonchev–Trinajstić information content (AvgIpc) is 2.40. The van der Waals surface area contributed by atoms with Crippen LogP contribution in [0.4, 0.5) is 0 Å². The van der Waals surface area contributed by atoms with Crippen LogP contribution in [0.2, 0.25) is 0 Å². The van der Waals surface area contributed by atoms with E-state index in [0.717, 1.165) is 19.6 Å². The quantitative estimate of drug-likeness (QED) is 0.618. The van der Waals surface area contributed by atoms with Crippen LogP contribution in [-0.4, -0.2) is 32.5 Å². The largest absolute Gasteiger partial charge is 0.363 e. The van der Waals surface area contributed by atoms with Crippen molar-refractivity contribution < 1.29 is 4.74 Å². The lowest BCUT2D eigenvalue weighted by Crippen LogP contribution is -2.41. The van der Waals surface area contributed by atoms with Crippen LogP contribution >= 0.6 is 0 Å². The molecule has 1 saturated heterocycles. The number of ether oxygens (including phenoxy) is 1. The highest BCUT2D eigenvalue weighted by Crippen LogP contribution is 2.09. The van der Waals surface area contributed by atoms with Crippen LogP contribution in [0.1, 0.15) is 19.8 Å². The van der Waals surface area contributed by atoms with Gasteiger partial charge in [-0.2, -0.15) is 0 Å². The fourth-order valence-corrected chi connectivity index (χ4v) is 1.39. The van der Waals surface area contributed by atoms with Crippen LogP contribution in [0.15, 0.2) is 0 Å². The SMILES string of the molecule is CNCC(C)NC1CCCO1. The molecule has 0 radical (unpaired) electrons. The molecule has 1 aliphatic heterocycles. The van der Waals surface area contributed by atoms with Gasteiger partial charge in [0.15, 0.2) is 0 Å². The summed E-state index contributed by atoms with van der Waals surface area (Å²) in [7, 11) is 1.97. The summed E-state index contributed by atoms with van der Waals surface area (Å²) in [5.74, 6) is 0. The highest BCUT2D eigenvalue weighted by atomic mass is 16.5. The summed E-state index contributed by atoms with van der Waals surface area (Å²) >= 11 is 0. The van der Waals surface area contributed by atoms with Gasteiger partial charge in [-0.3, -0.25) is 5.32 Å². The first-order valence-corrected chi connectivity index (χ1v) is 4.35. The number of rotatable bonds is 4. The van der Waals surface area contributed by atoms with Gasteiger partial charge in [0.05, 0.1) is 0 Å². The van der Waals surface area contributed by atoms with E-state index in [0.29, 0.717) is 12.3 Å². The molecule has 2 N–H and O–H groups in total. The molecule has 66 valence electrons. The monoisotopic (exact) mass is 158 g/mol. The zero-order valence-corrected chi connectivity index (χ0v) is 7.39. The van der Waals surface area contributed by atoms with E-state index in [2.05, 4.69) is 17.6 Å². The second-order valence-corrected chi connectivity index (χ2v) is 3.13. The van der Waals surface area contributed by atoms with Crippen LogP contribution in [0.25, 0.3) is 0 Å². The third-order valence-electron chi connectivity index (χ3n) is 1.91. The highest BCUT2D eigenvalue weighted by Gasteiger charge is 2.16. The van der Waals surface area contributed by atoms with E-state index in [1.807, 2.05) is 7.05 Å². The van der Waals surface area contributed by atoms with Crippen molar-refractivity contribution in [3.8, 4) is 0 Å². The molecule has 2 atom stereocenters. The molecule has 3 nitrogen and oxygen atoms in total. The molecule has 1 heterocycles. The Morgan fingerprint density at radius 1 is 1.64 bits per heavy atom. The normalized spacial score (nSPS) is 27.3. The molecule has 0 aromatic heterocycles. The van der Waals surface area contributed by atoms with Crippen molar-refractivity contribution in [3.63, 3.8) is 0 Å². The molecule has 0 aromatic carbocycles. The molecular weight excluding hydrogens is 140 g/mol. The molecule has 0 spiro atoms. The van der Waals surface area contributed by atoms with E-state index in [4.69, 9.17) is 4.74 Å². The molecule has 1 fully saturated rings. The maximum atomic E-state index is 5.43. The second kappa shape index (κ2) is 4.70. The lowest BCUT2D eigenvalue weighted by molar-refractivity contribution is 0.0757. The number of hydrogen-bond donors (Lipinski definition) is 2. The van der Waals surface area contributed by atoms with Crippen LogP contribution in [0.3, 0.4) is 0 Å². The van der Waals surface area contributed by atoms with Gasteiger partial charge in [-0.05, 0) is 26.8 Å². The summed E-state index contributed by atoms with van der Waals surface area (Å²) in [5, 5.41) is 6.52. The van der Waals surface area contributed by atoms with Crippen LogP contribution in [-0.2, 0) is 4.74 Å². The molecule has 11 heavy (non-hydrogen) atoms. The maximum Gasteiger partial charge on any atom is 0.108 e. The molecule has 0 bridgehead atoms. The van der Waals surface area contributed by atoms with E-state index in [9.17, 15) is 0 Å². The van der Waals surface area contributed by atoms with Gasteiger partial charge < -0.3 is 10.1 Å². The number of likely N-dealkylation sites (N-methyl/N-ethyl adjacent to an activating group) is 1. The molecule has 1 rings (SSSR count). The summed E-state index contributed by atoms with van der Waals surface area (Å²) in [5.41, 5.74) is 0. The van der Waals surface area contributed by atoms with Crippen molar-refractivity contribution in [2.45, 2.75) is 32.0 Å². The predicted molar refractivity (Wildman–Crippen MR) is 45.5 cm³/mol. The molecule has 2 unspecified atom stereocenters. The van der Waals surface area contributed by atoms with Gasteiger partial charge in [0, 0.05) is 19.2 Å². The van der Waals surface area contributed by atoms with Crippen molar-refractivity contribution in [1.29, 1.82) is 0 Å². The third-order valence-corrected chi connectivity index (χ3v) is 1.91.